The van der Waals surface area contributed by atoms with Gasteiger partial charge in [0.1, 0.15) is 5.75 Å². The van der Waals surface area contributed by atoms with Crippen LogP contribution in [0.5, 0.6) is 5.75 Å². The number of anilines is 1. The van der Waals surface area contributed by atoms with Gasteiger partial charge in [-0.15, -0.1) is 0 Å². The third kappa shape index (κ3) is 3.72. The van der Waals surface area contributed by atoms with Crippen molar-refractivity contribution < 1.29 is 24.0 Å². The molecule has 1 amide bonds. The van der Waals surface area contributed by atoms with Crippen LogP contribution < -0.4 is 10.1 Å². The van der Waals surface area contributed by atoms with Gasteiger partial charge in [0.15, 0.2) is 6.61 Å². The van der Waals surface area contributed by atoms with Gasteiger partial charge in [0.25, 0.3) is 11.6 Å². The van der Waals surface area contributed by atoms with Gasteiger partial charge >= 0.3 is 5.97 Å². The number of hydrogen-bond donors (Lipinski definition) is 1. The number of methoxy groups -OCH3 is 1. The SMILES string of the molecule is COc1ccc([N+](=O)[O-])cc1NC(=O)COC(=O)C1CCC1. The Hall–Kier alpha value is -2.64. The molecule has 2 rings (SSSR count). The number of nitrogens with zero attached hydrogens (tertiary/aromatic N) is 1. The molecular weight excluding hydrogens is 292 g/mol. The molecule has 8 heteroatoms. The molecule has 1 aromatic rings. The first-order chi connectivity index (χ1) is 10.5. The van der Waals surface area contributed by atoms with Crippen molar-refractivity contribution >= 4 is 23.3 Å². The summed E-state index contributed by atoms with van der Waals surface area (Å²) in [7, 11) is 1.38. The van der Waals surface area contributed by atoms with Crippen molar-refractivity contribution in [3.8, 4) is 5.75 Å². The Kier molecular flexibility index (Phi) is 4.92. The summed E-state index contributed by atoms with van der Waals surface area (Å²) >= 11 is 0. The fourth-order valence-electron chi connectivity index (χ4n) is 1.99. The second-order valence-electron chi connectivity index (χ2n) is 4.93. The average molecular weight is 308 g/mol. The molecule has 1 saturated carbocycles. The van der Waals surface area contributed by atoms with Gasteiger partial charge in [0.05, 0.1) is 23.6 Å². The van der Waals surface area contributed by atoms with E-state index in [4.69, 9.17) is 9.47 Å². The molecule has 0 bridgehead atoms. The third-order valence-corrected chi connectivity index (χ3v) is 3.45. The molecule has 1 aromatic carbocycles. The van der Waals surface area contributed by atoms with Gasteiger partial charge in [-0.3, -0.25) is 19.7 Å². The van der Waals surface area contributed by atoms with Gasteiger partial charge in [-0.25, -0.2) is 0 Å². The molecule has 0 radical (unpaired) electrons. The summed E-state index contributed by atoms with van der Waals surface area (Å²) in [6.45, 7) is -0.429. The van der Waals surface area contributed by atoms with Gasteiger partial charge in [0.2, 0.25) is 0 Å². The highest BCUT2D eigenvalue weighted by Gasteiger charge is 2.27. The summed E-state index contributed by atoms with van der Waals surface area (Å²) < 4.78 is 9.93. The largest absolute Gasteiger partial charge is 0.495 e. The maximum atomic E-state index is 11.8. The lowest BCUT2D eigenvalue weighted by molar-refractivity contribution is -0.384. The van der Waals surface area contributed by atoms with E-state index in [-0.39, 0.29) is 29.0 Å². The first kappa shape index (κ1) is 15.7. The Morgan fingerprint density at radius 3 is 2.68 bits per heavy atom. The van der Waals surface area contributed by atoms with E-state index in [1.165, 1.54) is 25.3 Å². The number of nitro groups is 1. The highest BCUT2D eigenvalue weighted by atomic mass is 16.6. The Balaban J connectivity index is 1.96. The summed E-state index contributed by atoms with van der Waals surface area (Å²) in [5.74, 6) is -0.789. The van der Waals surface area contributed by atoms with Crippen molar-refractivity contribution in [1.29, 1.82) is 0 Å². The van der Waals surface area contributed by atoms with Crippen molar-refractivity contribution in [1.82, 2.24) is 0 Å². The van der Waals surface area contributed by atoms with E-state index in [9.17, 15) is 19.7 Å². The second kappa shape index (κ2) is 6.88. The van der Waals surface area contributed by atoms with E-state index in [1.54, 1.807) is 0 Å². The Morgan fingerprint density at radius 1 is 1.41 bits per heavy atom. The van der Waals surface area contributed by atoms with Crippen molar-refractivity contribution in [3.63, 3.8) is 0 Å². The fourth-order valence-corrected chi connectivity index (χ4v) is 1.99. The smallest absolute Gasteiger partial charge is 0.309 e. The number of rotatable bonds is 6. The van der Waals surface area contributed by atoms with Crippen LogP contribution in [-0.2, 0) is 14.3 Å². The Morgan fingerprint density at radius 2 is 2.14 bits per heavy atom. The lowest BCUT2D eigenvalue weighted by atomic mass is 9.86. The maximum Gasteiger partial charge on any atom is 0.309 e. The predicted octanol–water partition coefficient (Wildman–Crippen LogP) is 1.89. The minimum atomic E-state index is -0.578. The van der Waals surface area contributed by atoms with Gasteiger partial charge in [-0.05, 0) is 18.9 Å². The first-order valence-corrected chi connectivity index (χ1v) is 6.80. The zero-order valence-electron chi connectivity index (χ0n) is 12.0. The molecule has 0 aliphatic heterocycles. The molecular formula is C14H16N2O6. The molecule has 22 heavy (non-hydrogen) atoms. The Labute approximate surface area is 126 Å². The number of ether oxygens (including phenoxy) is 2. The number of benzene rings is 1. The summed E-state index contributed by atoms with van der Waals surface area (Å²) in [4.78, 5) is 33.5. The molecule has 0 spiro atoms. The lowest BCUT2D eigenvalue weighted by Gasteiger charge is -2.22. The van der Waals surface area contributed by atoms with Gasteiger partial charge < -0.3 is 14.8 Å². The number of hydrogen-bond acceptors (Lipinski definition) is 6. The van der Waals surface area contributed by atoms with Crippen molar-refractivity contribution in [2.24, 2.45) is 5.92 Å². The van der Waals surface area contributed by atoms with Crippen LogP contribution >= 0.6 is 0 Å². The number of esters is 1. The van der Waals surface area contributed by atoms with Gasteiger partial charge in [-0.1, -0.05) is 6.42 Å². The quantitative estimate of drug-likeness (QED) is 0.488. The van der Waals surface area contributed by atoms with Crippen LogP contribution in [0.1, 0.15) is 19.3 Å². The van der Waals surface area contributed by atoms with Gasteiger partial charge in [0, 0.05) is 12.1 Å². The Bertz CT molecular complexity index is 597. The van der Waals surface area contributed by atoms with E-state index in [0.29, 0.717) is 0 Å². The lowest BCUT2D eigenvalue weighted by Crippen LogP contribution is -2.28. The van der Waals surface area contributed by atoms with Crippen LogP contribution in [0, 0.1) is 16.0 Å². The van der Waals surface area contributed by atoms with E-state index in [2.05, 4.69) is 5.32 Å². The van der Waals surface area contributed by atoms with E-state index < -0.39 is 17.4 Å². The number of nitro benzene ring substituents is 1. The summed E-state index contributed by atoms with van der Waals surface area (Å²) in [6.07, 6.45) is 2.58. The standard InChI is InChI=1S/C14H16N2O6/c1-21-12-6-5-10(16(19)20)7-11(12)15-13(17)8-22-14(18)9-3-2-4-9/h5-7,9H,2-4,8H2,1H3,(H,15,17). The third-order valence-electron chi connectivity index (χ3n) is 3.45. The highest BCUT2D eigenvalue weighted by Crippen LogP contribution is 2.29. The molecule has 1 aliphatic carbocycles. The summed E-state index contributed by atoms with van der Waals surface area (Å²) in [5.41, 5.74) is -0.0241. The van der Waals surface area contributed by atoms with Crippen molar-refractivity contribution in [2.45, 2.75) is 19.3 Å². The van der Waals surface area contributed by atoms with Crippen LogP contribution in [0.15, 0.2) is 18.2 Å². The zero-order chi connectivity index (χ0) is 16.1. The van der Waals surface area contributed by atoms with Crippen molar-refractivity contribution in [2.75, 3.05) is 19.0 Å². The van der Waals surface area contributed by atoms with E-state index in [1.807, 2.05) is 0 Å². The number of carbonyl (C=O) groups is 2. The van der Waals surface area contributed by atoms with Crippen molar-refractivity contribution in [3.05, 3.63) is 28.3 Å². The summed E-state index contributed by atoms with van der Waals surface area (Å²) in [6, 6.07) is 3.84. The molecule has 8 nitrogen and oxygen atoms in total. The second-order valence-corrected chi connectivity index (χ2v) is 4.93. The van der Waals surface area contributed by atoms with Crippen LogP contribution in [0.4, 0.5) is 11.4 Å². The molecule has 118 valence electrons. The molecule has 0 heterocycles. The number of carbonyl (C=O) groups excluding carboxylic acids is 2. The normalized spacial score (nSPS) is 13.9. The zero-order valence-corrected chi connectivity index (χ0v) is 12.0. The molecule has 1 fully saturated rings. The molecule has 0 unspecified atom stereocenters. The monoisotopic (exact) mass is 308 g/mol. The average Bonchev–Trinajstić information content (AvgIpc) is 2.43. The maximum absolute atomic E-state index is 11.8. The van der Waals surface area contributed by atoms with Crippen LogP contribution in [-0.4, -0.2) is 30.5 Å². The van der Waals surface area contributed by atoms with Gasteiger partial charge in [-0.2, -0.15) is 0 Å². The first-order valence-electron chi connectivity index (χ1n) is 6.80. The minimum Gasteiger partial charge on any atom is -0.495 e. The number of nitrogens with one attached hydrogen (secondary N) is 1. The number of non-ortho nitro benzene ring substituents is 1. The van der Waals surface area contributed by atoms with Crippen LogP contribution in [0.3, 0.4) is 0 Å². The molecule has 0 aromatic heterocycles. The molecule has 0 saturated heterocycles. The van der Waals surface area contributed by atoms with E-state index in [0.717, 1.165) is 19.3 Å². The summed E-state index contributed by atoms with van der Waals surface area (Å²) in [5, 5.41) is 13.2. The van der Waals surface area contributed by atoms with Crippen LogP contribution in [0.25, 0.3) is 0 Å². The predicted molar refractivity (Wildman–Crippen MR) is 76.6 cm³/mol. The van der Waals surface area contributed by atoms with Crippen LogP contribution in [0.2, 0.25) is 0 Å². The fraction of sp³-hybridized carbons (Fsp3) is 0.429. The molecule has 1 aliphatic rings. The molecule has 0 atom stereocenters. The highest BCUT2D eigenvalue weighted by molar-refractivity contribution is 5.94. The minimum absolute atomic E-state index is 0.111. The molecule has 1 N–H and O–H groups in total. The topological polar surface area (TPSA) is 108 Å². The number of amides is 1. The van der Waals surface area contributed by atoms with E-state index >= 15 is 0 Å².